The number of hydrogen-bond donors (Lipinski definition) is 0. The van der Waals surface area contributed by atoms with E-state index in [1.807, 2.05) is 0 Å². The molecule has 0 amide bonds. The Balaban J connectivity index is 0. The Morgan fingerprint density at radius 3 is 2.10 bits per heavy atom. The average molecular weight is 253 g/mol. The van der Waals surface area contributed by atoms with Crippen LogP contribution in [0.4, 0.5) is 0 Å². The van der Waals surface area contributed by atoms with E-state index >= 15 is 0 Å². The van der Waals surface area contributed by atoms with Crippen molar-refractivity contribution in [2.45, 2.75) is 19.6 Å². The van der Waals surface area contributed by atoms with Gasteiger partial charge in [-0.1, -0.05) is 0 Å². The van der Waals surface area contributed by atoms with Gasteiger partial charge in [-0.3, -0.25) is 0 Å². The molecule has 46 valence electrons. The molecule has 0 spiro atoms. The van der Waals surface area contributed by atoms with Crippen molar-refractivity contribution in [2.75, 3.05) is 0 Å². The van der Waals surface area contributed by atoms with Crippen molar-refractivity contribution in [3.05, 3.63) is 0 Å². The Morgan fingerprint density at radius 2 is 1.80 bits per heavy atom. The molecule has 10 radical (unpaired) electrons. The van der Waals surface area contributed by atoms with Crippen LogP contribution in [0, 0.1) is 0 Å². The Morgan fingerprint density at radius 1 is 1.30 bits per heavy atom. The van der Waals surface area contributed by atoms with Gasteiger partial charge in [0, 0.05) is 0 Å². The maximum atomic E-state index is 3.53. The van der Waals surface area contributed by atoms with E-state index in [0.717, 1.165) is 8.55 Å². The summed E-state index contributed by atoms with van der Waals surface area (Å²) in [5.41, 5.74) is 0. The van der Waals surface area contributed by atoms with Crippen molar-refractivity contribution >= 4 is 51.6 Å². The van der Waals surface area contributed by atoms with E-state index in [-0.39, 0.29) is 51.4 Å². The standard InChI is InChI=1S/C3H9Si6.K/c1-9(2,3)8-7-6-5-4;/h1-3H3;/q-1;+1. The van der Waals surface area contributed by atoms with Crippen molar-refractivity contribution in [2.24, 2.45) is 0 Å². The van der Waals surface area contributed by atoms with Crippen LogP contribution in [0.25, 0.3) is 0 Å². The molecule has 0 unspecified atom stereocenters. The zero-order valence-corrected chi connectivity index (χ0v) is 16.1. The fourth-order valence-corrected chi connectivity index (χ4v) is 30.4. The largest absolute Gasteiger partial charge is 1.00 e. The Hall–Kier alpha value is 2.94. The monoisotopic (exact) mass is 252 g/mol. The van der Waals surface area contributed by atoms with E-state index < -0.39 is 7.59 Å². The molecule has 0 heterocycles. The van der Waals surface area contributed by atoms with E-state index in [1.54, 1.807) is 0 Å². The van der Waals surface area contributed by atoms with Crippen LogP contribution in [0.1, 0.15) is 0 Å². The molecule has 0 rings (SSSR count). The Labute approximate surface area is 120 Å². The molecule has 10 heavy (non-hydrogen) atoms. The summed E-state index contributed by atoms with van der Waals surface area (Å²) < 4.78 is 0. The van der Waals surface area contributed by atoms with E-state index in [4.69, 9.17) is 0 Å². The van der Waals surface area contributed by atoms with Gasteiger partial charge in [0.05, 0.1) is 0 Å². The first kappa shape index (κ1) is 15.4. The third-order valence-corrected chi connectivity index (χ3v) is 25.3. The van der Waals surface area contributed by atoms with Gasteiger partial charge in [0.1, 0.15) is 0 Å². The van der Waals surface area contributed by atoms with Gasteiger partial charge in [-0.25, -0.2) is 8.55 Å². The fourth-order valence-electron chi connectivity index (χ4n) is 0.250. The van der Waals surface area contributed by atoms with Crippen LogP contribution in [0.2, 0.25) is 19.6 Å². The second-order valence-electron chi connectivity index (χ2n) is 2.75. The van der Waals surface area contributed by atoms with Crippen molar-refractivity contribution in [3.63, 3.8) is 0 Å². The molecular formula is C3H9KSi6. The Bertz CT molecular complexity index is 69.9. The van der Waals surface area contributed by atoms with Crippen molar-refractivity contribution in [3.8, 4) is 0 Å². The average Bonchev–Trinajstić information content (AvgIpc) is 1.63. The van der Waals surface area contributed by atoms with Gasteiger partial charge < -0.3 is 8.55 Å². The van der Waals surface area contributed by atoms with E-state index in [9.17, 15) is 0 Å². The van der Waals surface area contributed by atoms with Crippen LogP contribution >= 0.6 is 0 Å². The molecule has 0 fully saturated rings. The third kappa shape index (κ3) is 13.5. The molecule has 7 heteroatoms. The molecule has 0 aliphatic rings. The molecule has 0 nitrogen and oxygen atoms in total. The summed E-state index contributed by atoms with van der Waals surface area (Å²) in [6.45, 7) is 7.37. The summed E-state index contributed by atoms with van der Waals surface area (Å²) in [6, 6.07) is 0. The first-order chi connectivity index (χ1) is 4.06. The van der Waals surface area contributed by atoms with Crippen LogP contribution in [-0.2, 0) is 0 Å². The van der Waals surface area contributed by atoms with Gasteiger partial charge in [-0.15, -0.1) is 27.2 Å². The smallest absolute Gasteiger partial charge is 0.441 e. The van der Waals surface area contributed by atoms with Crippen LogP contribution in [0.5, 0.6) is 0 Å². The van der Waals surface area contributed by atoms with Crippen LogP contribution in [0.15, 0.2) is 0 Å². The quantitative estimate of drug-likeness (QED) is 0.359. The number of rotatable bonds is 4. The molecule has 0 aromatic rings. The zero-order valence-electron chi connectivity index (χ0n) is 7.00. The molecule has 0 saturated heterocycles. The van der Waals surface area contributed by atoms with Crippen LogP contribution < -0.4 is 51.4 Å². The third-order valence-electron chi connectivity index (χ3n) is 0.562. The van der Waals surface area contributed by atoms with E-state index in [0.29, 0.717) is 0 Å². The maximum absolute atomic E-state index is 3.53. The molecule has 0 N–H and O–H groups in total. The van der Waals surface area contributed by atoms with E-state index in [2.05, 4.69) is 29.4 Å². The predicted octanol–water partition coefficient (Wildman–Crippen LogP) is -3.53. The summed E-state index contributed by atoms with van der Waals surface area (Å²) in [5.74, 6) is 0. The Kier molecular flexibility index (Phi) is 13.1. The summed E-state index contributed by atoms with van der Waals surface area (Å²) in [4.78, 5) is 0. The molecule has 0 aromatic heterocycles. The summed E-state index contributed by atoms with van der Waals surface area (Å²) in [7, 11) is 7.65. The fraction of sp³-hybridized carbons (Fsp3) is 1.00. The van der Waals surface area contributed by atoms with Crippen LogP contribution in [0.3, 0.4) is 0 Å². The topological polar surface area (TPSA) is 0 Å². The van der Waals surface area contributed by atoms with Crippen molar-refractivity contribution in [1.29, 1.82) is 0 Å². The first-order valence-electron chi connectivity index (χ1n) is 2.75. The molecule has 0 bridgehead atoms. The number of hydrogen-bond acceptors (Lipinski definition) is 0. The van der Waals surface area contributed by atoms with Gasteiger partial charge in [-0.05, 0) is 26.9 Å². The minimum atomic E-state index is -0.665. The minimum absolute atomic E-state index is 0. The molecule has 0 atom stereocenters. The summed E-state index contributed by atoms with van der Waals surface area (Å²) >= 11 is 0. The minimum Gasteiger partial charge on any atom is -0.441 e. The second-order valence-corrected chi connectivity index (χ2v) is 24.8. The second kappa shape index (κ2) is 8.53. The predicted molar refractivity (Wildman–Crippen MR) is 52.1 cm³/mol. The van der Waals surface area contributed by atoms with Gasteiger partial charge in [0.15, 0.2) is 0 Å². The van der Waals surface area contributed by atoms with Gasteiger partial charge in [-0.2, -0.15) is 0 Å². The first-order valence-corrected chi connectivity index (χ1v) is 15.8. The van der Waals surface area contributed by atoms with Gasteiger partial charge >= 0.3 is 51.4 Å². The van der Waals surface area contributed by atoms with E-state index in [1.165, 1.54) is 25.7 Å². The summed E-state index contributed by atoms with van der Waals surface area (Å²) in [6.07, 6.45) is 0. The van der Waals surface area contributed by atoms with Crippen molar-refractivity contribution < 1.29 is 51.4 Å². The normalized spacial score (nSPS) is 10.8. The SMILES string of the molecule is C[Si](C)(C)[Si-][Si][Si][Si][Si].[K+]. The molecule has 0 aliphatic heterocycles. The molecule has 0 aromatic carbocycles. The summed E-state index contributed by atoms with van der Waals surface area (Å²) in [5, 5.41) is 0. The molecular weight excluding hydrogens is 244 g/mol. The maximum Gasteiger partial charge on any atom is 1.00 e. The molecule has 0 aliphatic carbocycles. The van der Waals surface area contributed by atoms with Crippen LogP contribution in [-0.4, -0.2) is 51.6 Å². The zero-order chi connectivity index (χ0) is 7.33. The molecule has 0 saturated carbocycles. The van der Waals surface area contributed by atoms with Gasteiger partial charge in [0.2, 0.25) is 0 Å². The van der Waals surface area contributed by atoms with Crippen molar-refractivity contribution in [1.82, 2.24) is 0 Å². The van der Waals surface area contributed by atoms with Gasteiger partial charge in [0.25, 0.3) is 0 Å².